The molecular weight excluding hydrogens is 493 g/mol. The molecule has 38 heavy (non-hydrogen) atoms. The number of likely N-dealkylation sites (N-methyl/N-ethyl adjacent to an activating group) is 1. The lowest BCUT2D eigenvalue weighted by atomic mass is 9.85. The topological polar surface area (TPSA) is 65.5 Å². The van der Waals surface area contributed by atoms with E-state index < -0.39 is 36.0 Å². The number of benzene rings is 1. The van der Waals surface area contributed by atoms with Crippen LogP contribution in [0.3, 0.4) is 0 Å². The zero-order valence-corrected chi connectivity index (χ0v) is 22.5. The fraction of sp³-hybridized carbons (Fsp3) is 0.552. The van der Waals surface area contributed by atoms with E-state index in [9.17, 15) is 22.8 Å². The Morgan fingerprint density at radius 3 is 2.24 bits per heavy atom. The van der Waals surface area contributed by atoms with Gasteiger partial charge in [-0.05, 0) is 49.1 Å². The van der Waals surface area contributed by atoms with Gasteiger partial charge in [-0.1, -0.05) is 58.2 Å². The summed E-state index contributed by atoms with van der Waals surface area (Å²) in [7, 11) is 1.51. The van der Waals surface area contributed by atoms with Crippen LogP contribution in [0.5, 0.6) is 0 Å². The van der Waals surface area contributed by atoms with E-state index in [2.05, 4.69) is 31.1 Å². The van der Waals surface area contributed by atoms with Gasteiger partial charge < -0.3 is 5.32 Å². The first kappa shape index (κ1) is 28.1. The lowest BCUT2D eigenvalue weighted by Crippen LogP contribution is -2.66. The SMILES string of the molecule is CN1CC(C(F)(F)F)C1C(=O)N(c1ccc(C(C)(C)C)cc1)C(C(=O)NC1CCCCC1)c1cccnc1. The zero-order chi connectivity index (χ0) is 27.7. The standard InChI is InChI=1S/C29H37F3N4O2/c1-28(2,3)20-12-14-22(15-13-20)36(27(38)25-23(18-35(25)4)29(30,31)32)24(19-9-8-16-33-17-19)26(37)34-21-10-6-5-7-11-21/h8-9,12-17,21,23-25H,5-7,10-11,18H2,1-4H3,(H,34,37). The molecule has 6 nitrogen and oxygen atoms in total. The molecule has 3 atom stereocenters. The number of hydrogen-bond donors (Lipinski definition) is 1. The summed E-state index contributed by atoms with van der Waals surface area (Å²) >= 11 is 0. The van der Waals surface area contributed by atoms with Crippen molar-refractivity contribution in [3.05, 3.63) is 59.9 Å². The fourth-order valence-electron chi connectivity index (χ4n) is 5.49. The van der Waals surface area contributed by atoms with E-state index in [1.165, 1.54) is 23.0 Å². The third kappa shape index (κ3) is 6.03. The molecular formula is C29H37F3N4O2. The molecule has 4 rings (SSSR count). The lowest BCUT2D eigenvalue weighted by Gasteiger charge is -2.48. The molecule has 1 aliphatic heterocycles. The molecule has 0 spiro atoms. The monoisotopic (exact) mass is 530 g/mol. The molecule has 9 heteroatoms. The molecule has 1 saturated carbocycles. The molecule has 0 bridgehead atoms. The molecule has 1 saturated heterocycles. The second kappa shape index (κ2) is 11.0. The van der Waals surface area contributed by atoms with Crippen LogP contribution >= 0.6 is 0 Å². The highest BCUT2D eigenvalue weighted by molar-refractivity contribution is 6.04. The first-order valence-corrected chi connectivity index (χ1v) is 13.3. The maximum absolute atomic E-state index is 14.1. The second-order valence-electron chi connectivity index (χ2n) is 11.6. The average Bonchev–Trinajstić information content (AvgIpc) is 2.85. The summed E-state index contributed by atoms with van der Waals surface area (Å²) in [4.78, 5) is 34.8. The van der Waals surface area contributed by atoms with Crippen molar-refractivity contribution < 1.29 is 22.8 Å². The number of carbonyl (C=O) groups is 2. The van der Waals surface area contributed by atoms with Crippen LogP contribution in [0.15, 0.2) is 48.8 Å². The Bertz CT molecular complexity index is 1110. The van der Waals surface area contributed by atoms with Crippen LogP contribution < -0.4 is 10.2 Å². The quantitative estimate of drug-likeness (QED) is 0.544. The van der Waals surface area contributed by atoms with Gasteiger partial charge in [0.2, 0.25) is 11.8 Å². The number of anilines is 1. The molecule has 1 aliphatic carbocycles. The van der Waals surface area contributed by atoms with Crippen LogP contribution in [-0.2, 0) is 15.0 Å². The van der Waals surface area contributed by atoms with Crippen LogP contribution in [0.1, 0.15) is 70.0 Å². The second-order valence-corrected chi connectivity index (χ2v) is 11.6. The van der Waals surface area contributed by atoms with Crippen LogP contribution in [0.4, 0.5) is 18.9 Å². The van der Waals surface area contributed by atoms with Gasteiger partial charge in [-0.25, -0.2) is 0 Å². The fourth-order valence-corrected chi connectivity index (χ4v) is 5.49. The molecule has 2 aromatic rings. The van der Waals surface area contributed by atoms with Crippen LogP contribution in [0, 0.1) is 5.92 Å². The Morgan fingerprint density at radius 1 is 1.05 bits per heavy atom. The Morgan fingerprint density at radius 2 is 1.71 bits per heavy atom. The third-order valence-electron chi connectivity index (χ3n) is 7.72. The molecule has 2 aliphatic rings. The zero-order valence-electron chi connectivity index (χ0n) is 22.5. The Kier molecular flexibility index (Phi) is 8.16. The number of amides is 2. The molecule has 2 heterocycles. The molecule has 0 radical (unpaired) electrons. The number of pyridine rings is 1. The Labute approximate surface area is 222 Å². The first-order chi connectivity index (χ1) is 17.9. The highest BCUT2D eigenvalue weighted by atomic mass is 19.4. The van der Waals surface area contributed by atoms with E-state index >= 15 is 0 Å². The number of nitrogens with zero attached hydrogens (tertiary/aromatic N) is 3. The van der Waals surface area contributed by atoms with Gasteiger partial charge in [-0.15, -0.1) is 0 Å². The van der Waals surface area contributed by atoms with Crippen molar-refractivity contribution in [3.63, 3.8) is 0 Å². The summed E-state index contributed by atoms with van der Waals surface area (Å²) in [5.41, 5.74) is 1.66. The van der Waals surface area contributed by atoms with Crippen molar-refractivity contribution in [3.8, 4) is 0 Å². The largest absolute Gasteiger partial charge is 0.395 e. The summed E-state index contributed by atoms with van der Waals surface area (Å²) in [6, 6.07) is 7.89. The minimum atomic E-state index is -4.53. The molecule has 2 fully saturated rings. The predicted octanol–water partition coefficient (Wildman–Crippen LogP) is 5.39. The Hall–Kier alpha value is -2.94. The molecule has 1 N–H and O–H groups in total. The summed E-state index contributed by atoms with van der Waals surface area (Å²) in [6.45, 7) is 5.90. The number of nitrogens with one attached hydrogen (secondary N) is 1. The van der Waals surface area contributed by atoms with Crippen LogP contribution in [0.25, 0.3) is 0 Å². The number of alkyl halides is 3. The van der Waals surface area contributed by atoms with E-state index in [0.717, 1.165) is 37.7 Å². The molecule has 1 aromatic heterocycles. The average molecular weight is 531 g/mol. The van der Waals surface area contributed by atoms with Crippen molar-refractivity contribution in [2.75, 3.05) is 18.5 Å². The minimum absolute atomic E-state index is 0.0371. The predicted molar refractivity (Wildman–Crippen MR) is 141 cm³/mol. The van der Waals surface area contributed by atoms with Gasteiger partial charge in [0.15, 0.2) is 0 Å². The number of hydrogen-bond acceptors (Lipinski definition) is 4. The van der Waals surface area contributed by atoms with Gasteiger partial charge in [0.25, 0.3) is 0 Å². The van der Waals surface area contributed by atoms with Gasteiger partial charge in [0.1, 0.15) is 12.1 Å². The number of rotatable bonds is 6. The minimum Gasteiger partial charge on any atom is -0.351 e. The van der Waals surface area contributed by atoms with E-state index in [1.54, 1.807) is 30.5 Å². The highest BCUT2D eigenvalue weighted by Gasteiger charge is 2.57. The van der Waals surface area contributed by atoms with E-state index in [1.807, 2.05) is 12.1 Å². The highest BCUT2D eigenvalue weighted by Crippen LogP contribution is 2.41. The van der Waals surface area contributed by atoms with Crippen molar-refractivity contribution >= 4 is 17.5 Å². The van der Waals surface area contributed by atoms with Crippen molar-refractivity contribution in [1.29, 1.82) is 0 Å². The molecule has 1 aromatic carbocycles. The van der Waals surface area contributed by atoms with Gasteiger partial charge in [-0.2, -0.15) is 13.2 Å². The summed E-state index contributed by atoms with van der Waals surface area (Å²) in [6.07, 6.45) is 3.31. The maximum atomic E-state index is 14.1. The molecule has 2 amide bonds. The normalized spacial score (nSPS) is 21.9. The van der Waals surface area contributed by atoms with Gasteiger partial charge in [0.05, 0.1) is 5.92 Å². The number of carbonyl (C=O) groups excluding carboxylic acids is 2. The lowest BCUT2D eigenvalue weighted by molar-refractivity contribution is -0.225. The van der Waals surface area contributed by atoms with Crippen LogP contribution in [0.2, 0.25) is 0 Å². The van der Waals surface area contributed by atoms with Gasteiger partial charge in [0, 0.05) is 36.2 Å². The third-order valence-corrected chi connectivity index (χ3v) is 7.72. The van der Waals surface area contributed by atoms with Crippen molar-refractivity contribution in [1.82, 2.24) is 15.2 Å². The molecule has 206 valence electrons. The number of aromatic nitrogens is 1. The first-order valence-electron chi connectivity index (χ1n) is 13.3. The number of likely N-dealkylation sites (tertiary alicyclic amines) is 1. The summed E-state index contributed by atoms with van der Waals surface area (Å²) < 4.78 is 41.5. The van der Waals surface area contributed by atoms with Crippen molar-refractivity contribution in [2.45, 2.75) is 82.6 Å². The van der Waals surface area contributed by atoms with Crippen LogP contribution in [-0.4, -0.2) is 53.6 Å². The summed E-state index contributed by atoms with van der Waals surface area (Å²) in [5.74, 6) is -2.96. The van der Waals surface area contributed by atoms with Gasteiger partial charge >= 0.3 is 6.18 Å². The Balaban J connectivity index is 1.79. The van der Waals surface area contributed by atoms with E-state index in [0.29, 0.717) is 11.3 Å². The number of halogens is 3. The van der Waals surface area contributed by atoms with E-state index in [-0.39, 0.29) is 18.0 Å². The van der Waals surface area contributed by atoms with Gasteiger partial charge in [-0.3, -0.25) is 24.4 Å². The van der Waals surface area contributed by atoms with Crippen molar-refractivity contribution in [2.24, 2.45) is 5.92 Å². The van der Waals surface area contributed by atoms with E-state index in [4.69, 9.17) is 0 Å². The molecule has 3 unspecified atom stereocenters. The maximum Gasteiger partial charge on any atom is 0.395 e. The smallest absolute Gasteiger partial charge is 0.351 e. The summed E-state index contributed by atoms with van der Waals surface area (Å²) in [5, 5.41) is 3.09.